The van der Waals surface area contributed by atoms with E-state index >= 15 is 0 Å². The van der Waals surface area contributed by atoms with Crippen LogP contribution < -0.4 is 10.6 Å². The predicted octanol–water partition coefficient (Wildman–Crippen LogP) is 3.51. The lowest BCUT2D eigenvalue weighted by Gasteiger charge is -2.18. The summed E-state index contributed by atoms with van der Waals surface area (Å²) in [5.74, 6) is 1.34. The number of carbonyl (C=O) groups is 1. The molecule has 0 saturated carbocycles. The van der Waals surface area contributed by atoms with Crippen molar-refractivity contribution in [2.24, 2.45) is 10.9 Å². The highest BCUT2D eigenvalue weighted by atomic mass is 127. The Labute approximate surface area is 215 Å². The van der Waals surface area contributed by atoms with Crippen LogP contribution in [0.1, 0.15) is 30.0 Å². The molecule has 6 nitrogen and oxygen atoms in total. The van der Waals surface area contributed by atoms with Crippen molar-refractivity contribution < 1.29 is 4.79 Å². The van der Waals surface area contributed by atoms with Crippen molar-refractivity contribution >= 4 is 35.8 Å². The lowest BCUT2D eigenvalue weighted by atomic mass is 10.1. The molecule has 3 rings (SSSR count). The zero-order valence-corrected chi connectivity index (χ0v) is 22.4. The molecule has 33 heavy (non-hydrogen) atoms. The van der Waals surface area contributed by atoms with Crippen LogP contribution in [0.4, 0.5) is 0 Å². The smallest absolute Gasteiger partial charge is 0.223 e. The molecule has 2 aromatic carbocycles. The van der Waals surface area contributed by atoms with Crippen LogP contribution >= 0.6 is 24.0 Å². The molecule has 2 aromatic rings. The molecule has 0 bridgehead atoms. The minimum atomic E-state index is 0. The Balaban J connectivity index is 0.00000385. The van der Waals surface area contributed by atoms with E-state index in [1.165, 1.54) is 16.7 Å². The van der Waals surface area contributed by atoms with Crippen LogP contribution in [0.2, 0.25) is 0 Å². The number of hydrogen-bond acceptors (Lipinski definition) is 3. The van der Waals surface area contributed by atoms with Gasteiger partial charge in [-0.2, -0.15) is 0 Å². The zero-order chi connectivity index (χ0) is 22.8. The van der Waals surface area contributed by atoms with Crippen molar-refractivity contribution in [3.63, 3.8) is 0 Å². The summed E-state index contributed by atoms with van der Waals surface area (Å²) in [7, 11) is 3.92. The summed E-state index contributed by atoms with van der Waals surface area (Å²) < 4.78 is 0. The van der Waals surface area contributed by atoms with E-state index in [2.05, 4.69) is 70.9 Å². The average Bonchev–Trinajstić information content (AvgIpc) is 3.18. The van der Waals surface area contributed by atoms with Gasteiger partial charge in [0.05, 0.1) is 0 Å². The van der Waals surface area contributed by atoms with Crippen LogP contribution in [0.5, 0.6) is 0 Å². The van der Waals surface area contributed by atoms with E-state index in [-0.39, 0.29) is 29.9 Å². The highest BCUT2D eigenvalue weighted by molar-refractivity contribution is 14.0. The summed E-state index contributed by atoms with van der Waals surface area (Å²) in [4.78, 5) is 21.0. The number of benzene rings is 2. The fourth-order valence-electron chi connectivity index (χ4n) is 4.02. The minimum absolute atomic E-state index is 0. The Morgan fingerprint density at radius 2 is 1.82 bits per heavy atom. The highest BCUT2D eigenvalue weighted by Gasteiger charge is 2.29. The molecule has 0 aliphatic carbocycles. The summed E-state index contributed by atoms with van der Waals surface area (Å²) in [5.41, 5.74) is 3.83. The maximum atomic E-state index is 12.4. The van der Waals surface area contributed by atoms with Crippen molar-refractivity contribution in [1.82, 2.24) is 20.4 Å². The lowest BCUT2D eigenvalue weighted by molar-refractivity contribution is -0.127. The Morgan fingerprint density at radius 1 is 1.09 bits per heavy atom. The number of nitrogens with one attached hydrogen (secondary N) is 2. The average molecular weight is 564 g/mol. The summed E-state index contributed by atoms with van der Waals surface area (Å²) >= 11 is 0. The molecule has 1 amide bonds. The largest absolute Gasteiger partial charge is 0.356 e. The fraction of sp³-hybridized carbons (Fsp3) is 0.462. The minimum Gasteiger partial charge on any atom is -0.356 e. The van der Waals surface area contributed by atoms with Crippen LogP contribution in [0.25, 0.3) is 0 Å². The number of nitrogens with zero attached hydrogens (tertiary/aromatic N) is 3. The number of amides is 1. The second-order valence-electron chi connectivity index (χ2n) is 8.60. The normalized spacial score (nSPS) is 16.1. The number of likely N-dealkylation sites (tertiary alicyclic amines) is 1. The van der Waals surface area contributed by atoms with Gasteiger partial charge < -0.3 is 20.4 Å². The van der Waals surface area contributed by atoms with Crippen molar-refractivity contribution in [1.29, 1.82) is 0 Å². The molecule has 1 unspecified atom stereocenters. The molecule has 1 saturated heterocycles. The molecule has 0 spiro atoms. The monoisotopic (exact) mass is 563 g/mol. The van der Waals surface area contributed by atoms with E-state index in [0.29, 0.717) is 12.3 Å². The molecular weight excluding hydrogens is 525 g/mol. The molecular formula is C26H38IN5O. The molecule has 0 aromatic heterocycles. The summed E-state index contributed by atoms with van der Waals surface area (Å²) in [6, 6.07) is 19.0. The topological polar surface area (TPSA) is 60.0 Å². The van der Waals surface area contributed by atoms with Gasteiger partial charge in [-0.25, -0.2) is 0 Å². The van der Waals surface area contributed by atoms with Crippen LogP contribution in [-0.4, -0.2) is 61.9 Å². The van der Waals surface area contributed by atoms with Gasteiger partial charge in [0.25, 0.3) is 0 Å². The van der Waals surface area contributed by atoms with Crippen LogP contribution in [0.3, 0.4) is 0 Å². The first-order chi connectivity index (χ1) is 15.6. The van der Waals surface area contributed by atoms with E-state index in [1.54, 1.807) is 7.05 Å². The van der Waals surface area contributed by atoms with E-state index < -0.39 is 0 Å². The summed E-state index contributed by atoms with van der Waals surface area (Å²) in [5, 5.41) is 6.80. The molecule has 2 N–H and O–H groups in total. The Morgan fingerprint density at radius 3 is 2.55 bits per heavy atom. The molecule has 180 valence electrons. The molecule has 1 fully saturated rings. The summed E-state index contributed by atoms with van der Waals surface area (Å²) in [6.07, 6.45) is 1.51. The first-order valence-corrected chi connectivity index (χ1v) is 11.6. The third-order valence-corrected chi connectivity index (χ3v) is 6.03. The van der Waals surface area contributed by atoms with Gasteiger partial charge in [0, 0.05) is 52.1 Å². The predicted molar refractivity (Wildman–Crippen MR) is 147 cm³/mol. The van der Waals surface area contributed by atoms with Gasteiger partial charge in [-0.15, -0.1) is 24.0 Å². The van der Waals surface area contributed by atoms with E-state index in [4.69, 9.17) is 0 Å². The number of halogens is 1. The molecule has 1 heterocycles. The van der Waals surface area contributed by atoms with E-state index in [9.17, 15) is 4.79 Å². The highest BCUT2D eigenvalue weighted by Crippen LogP contribution is 2.17. The van der Waals surface area contributed by atoms with Gasteiger partial charge in [0.2, 0.25) is 5.91 Å². The standard InChI is InChI=1S/C26H37N5O.HI/c1-4-30(3)19-23-12-8-11-22(15-23)17-28-26(27-2)29-18-24-16-25(32)31(20-24)14-13-21-9-6-5-7-10-21;/h5-12,15,24H,4,13-14,16-20H2,1-3H3,(H2,27,28,29);1H. The summed E-state index contributed by atoms with van der Waals surface area (Å²) in [6.45, 7) is 7.21. The van der Waals surface area contributed by atoms with Crippen molar-refractivity contribution in [2.75, 3.05) is 40.3 Å². The third-order valence-electron chi connectivity index (χ3n) is 6.03. The first-order valence-electron chi connectivity index (χ1n) is 11.6. The van der Waals surface area contributed by atoms with Gasteiger partial charge in [-0.3, -0.25) is 9.79 Å². The van der Waals surface area contributed by atoms with Crippen molar-refractivity contribution in [2.45, 2.75) is 32.9 Å². The van der Waals surface area contributed by atoms with Gasteiger partial charge in [0.1, 0.15) is 0 Å². The zero-order valence-electron chi connectivity index (χ0n) is 20.1. The number of carbonyl (C=O) groups excluding carboxylic acids is 1. The number of rotatable bonds is 10. The number of aliphatic imine (C=N–C) groups is 1. The van der Waals surface area contributed by atoms with Crippen molar-refractivity contribution in [3.8, 4) is 0 Å². The quantitative estimate of drug-likeness (QED) is 0.264. The SMILES string of the molecule is CCN(C)Cc1cccc(CNC(=NC)NCC2CC(=O)N(CCc3ccccc3)C2)c1.I. The van der Waals surface area contributed by atoms with E-state index in [0.717, 1.165) is 51.6 Å². The Bertz CT molecular complexity index is 889. The van der Waals surface area contributed by atoms with E-state index in [1.807, 2.05) is 23.1 Å². The molecule has 1 aliphatic heterocycles. The van der Waals surface area contributed by atoms with Gasteiger partial charge in [-0.1, -0.05) is 61.5 Å². The van der Waals surface area contributed by atoms with Crippen LogP contribution in [-0.2, 0) is 24.3 Å². The van der Waals surface area contributed by atoms with Crippen LogP contribution in [0, 0.1) is 5.92 Å². The maximum Gasteiger partial charge on any atom is 0.223 e. The first kappa shape index (κ1) is 27.1. The second kappa shape index (κ2) is 14.2. The molecule has 0 radical (unpaired) electrons. The fourth-order valence-corrected chi connectivity index (χ4v) is 4.02. The van der Waals surface area contributed by atoms with Crippen molar-refractivity contribution in [3.05, 3.63) is 71.3 Å². The lowest BCUT2D eigenvalue weighted by Crippen LogP contribution is -2.40. The maximum absolute atomic E-state index is 12.4. The van der Waals surface area contributed by atoms with Gasteiger partial charge >= 0.3 is 0 Å². The molecule has 7 heteroatoms. The molecule has 1 atom stereocenters. The van der Waals surface area contributed by atoms with Gasteiger partial charge in [0.15, 0.2) is 5.96 Å². The Kier molecular flexibility index (Phi) is 11.7. The number of guanidine groups is 1. The second-order valence-corrected chi connectivity index (χ2v) is 8.60. The number of hydrogen-bond donors (Lipinski definition) is 2. The Hall–Kier alpha value is -2.13. The van der Waals surface area contributed by atoms with Gasteiger partial charge in [-0.05, 0) is 36.7 Å². The third kappa shape index (κ3) is 8.97. The molecule has 1 aliphatic rings. The van der Waals surface area contributed by atoms with Crippen LogP contribution in [0.15, 0.2) is 59.6 Å².